The minimum atomic E-state index is -0.454. The number of hydrogen-bond donors (Lipinski definition) is 1. The third kappa shape index (κ3) is 3.02. The van der Waals surface area contributed by atoms with Crippen LogP contribution < -0.4 is 0 Å². The van der Waals surface area contributed by atoms with Crippen molar-refractivity contribution in [1.29, 1.82) is 0 Å². The second-order valence-corrected chi connectivity index (χ2v) is 6.19. The van der Waals surface area contributed by atoms with Crippen LogP contribution in [0, 0.1) is 12.8 Å². The zero-order valence-electron chi connectivity index (χ0n) is 12.9. The van der Waals surface area contributed by atoms with Crippen molar-refractivity contribution in [2.45, 2.75) is 51.7 Å². The van der Waals surface area contributed by atoms with Crippen LogP contribution >= 0.6 is 0 Å². The minimum absolute atomic E-state index is 0.352. The van der Waals surface area contributed by atoms with Crippen molar-refractivity contribution in [3.05, 3.63) is 35.7 Å². The number of nitrogens with zero attached hydrogens (tertiary/aromatic N) is 4. The molecule has 0 spiro atoms. The molecule has 1 aliphatic rings. The third-order valence-corrected chi connectivity index (χ3v) is 4.54. The molecule has 1 aliphatic carbocycles. The number of rotatable bonds is 4. The summed E-state index contributed by atoms with van der Waals surface area (Å²) >= 11 is 0. The molecule has 21 heavy (non-hydrogen) atoms. The van der Waals surface area contributed by atoms with E-state index in [1.165, 1.54) is 24.8 Å². The molecule has 0 aromatic carbocycles. The van der Waals surface area contributed by atoms with Gasteiger partial charge in [0.05, 0.1) is 12.2 Å². The fourth-order valence-electron chi connectivity index (χ4n) is 3.35. The first kappa shape index (κ1) is 14.3. The van der Waals surface area contributed by atoms with Crippen LogP contribution in [0.2, 0.25) is 0 Å². The Bertz CT molecular complexity index is 595. The lowest BCUT2D eigenvalue weighted by molar-refractivity contribution is 0.0742. The van der Waals surface area contributed by atoms with Crippen LogP contribution in [-0.4, -0.2) is 24.4 Å². The molecule has 1 saturated carbocycles. The molecule has 5 nitrogen and oxygen atoms in total. The van der Waals surface area contributed by atoms with Gasteiger partial charge in [0.25, 0.3) is 0 Å². The van der Waals surface area contributed by atoms with E-state index in [4.69, 9.17) is 0 Å². The monoisotopic (exact) mass is 288 g/mol. The number of hydrogen-bond acceptors (Lipinski definition) is 3. The highest BCUT2D eigenvalue weighted by Gasteiger charge is 2.26. The maximum atomic E-state index is 10.7. The molecule has 1 N–H and O–H groups in total. The van der Waals surface area contributed by atoms with Crippen LogP contribution in [0.4, 0.5) is 0 Å². The van der Waals surface area contributed by atoms with Crippen molar-refractivity contribution in [2.24, 2.45) is 13.0 Å². The summed E-state index contributed by atoms with van der Waals surface area (Å²) in [6.45, 7) is 2.74. The number of aliphatic hydroxyl groups is 1. The van der Waals surface area contributed by atoms with E-state index in [0.29, 0.717) is 12.5 Å². The molecule has 5 heteroatoms. The Morgan fingerprint density at radius 2 is 2.10 bits per heavy atom. The van der Waals surface area contributed by atoms with Gasteiger partial charge >= 0.3 is 0 Å². The highest BCUT2D eigenvalue weighted by molar-refractivity contribution is 5.16. The summed E-state index contributed by atoms with van der Waals surface area (Å²) in [5.41, 5.74) is 2.21. The summed E-state index contributed by atoms with van der Waals surface area (Å²) in [7, 11) is 1.93. The molecule has 0 bridgehead atoms. The molecule has 2 aromatic rings. The molecule has 0 amide bonds. The quantitative estimate of drug-likeness (QED) is 0.941. The van der Waals surface area contributed by atoms with Crippen molar-refractivity contribution in [1.82, 2.24) is 19.3 Å². The van der Waals surface area contributed by atoms with Crippen LogP contribution in [0.15, 0.2) is 18.6 Å². The first-order valence-corrected chi connectivity index (χ1v) is 7.83. The van der Waals surface area contributed by atoms with Crippen LogP contribution in [-0.2, 0) is 13.6 Å². The summed E-state index contributed by atoms with van der Waals surface area (Å²) in [6, 6.07) is 0. The average Bonchev–Trinajstić information content (AvgIpc) is 3.06. The summed E-state index contributed by atoms with van der Waals surface area (Å²) in [5, 5.41) is 15.1. The van der Waals surface area contributed by atoms with Gasteiger partial charge in [-0.2, -0.15) is 5.10 Å². The Balaban J connectivity index is 1.78. The van der Waals surface area contributed by atoms with Crippen LogP contribution in [0.5, 0.6) is 0 Å². The van der Waals surface area contributed by atoms with Crippen LogP contribution in [0.1, 0.15) is 55.3 Å². The molecule has 0 aliphatic heterocycles. The number of aliphatic hydroxyl groups excluding tert-OH is 1. The summed E-state index contributed by atoms with van der Waals surface area (Å²) in [4.78, 5) is 4.40. The highest BCUT2D eigenvalue weighted by atomic mass is 16.3. The predicted molar refractivity (Wildman–Crippen MR) is 80.8 cm³/mol. The first-order valence-electron chi connectivity index (χ1n) is 7.83. The number of aryl methyl sites for hydroxylation is 2. The van der Waals surface area contributed by atoms with E-state index in [-0.39, 0.29) is 0 Å². The van der Waals surface area contributed by atoms with E-state index in [9.17, 15) is 5.11 Å². The molecule has 2 aromatic heterocycles. The van der Waals surface area contributed by atoms with Gasteiger partial charge in [0.2, 0.25) is 0 Å². The van der Waals surface area contributed by atoms with E-state index in [1.54, 1.807) is 6.20 Å². The fraction of sp³-hybridized carbons (Fsp3) is 0.625. The Kier molecular flexibility index (Phi) is 4.10. The van der Waals surface area contributed by atoms with Gasteiger partial charge in [0, 0.05) is 25.6 Å². The van der Waals surface area contributed by atoms with Gasteiger partial charge in [0.1, 0.15) is 11.9 Å². The molecule has 0 radical (unpaired) electrons. The SMILES string of the molecule is Cc1cn(C)nc1Cn1ccnc1C(O)C1CCCCC1. The van der Waals surface area contributed by atoms with Gasteiger partial charge in [0.15, 0.2) is 0 Å². The van der Waals surface area contributed by atoms with Gasteiger partial charge in [-0.1, -0.05) is 19.3 Å². The van der Waals surface area contributed by atoms with Crippen molar-refractivity contribution >= 4 is 0 Å². The predicted octanol–water partition coefficient (Wildman–Crippen LogP) is 2.59. The molecule has 2 heterocycles. The Morgan fingerprint density at radius 3 is 2.76 bits per heavy atom. The van der Waals surface area contributed by atoms with Gasteiger partial charge in [-0.25, -0.2) is 4.98 Å². The van der Waals surface area contributed by atoms with E-state index >= 15 is 0 Å². The Morgan fingerprint density at radius 1 is 1.33 bits per heavy atom. The molecule has 1 fully saturated rings. The molecule has 0 saturated heterocycles. The molecular weight excluding hydrogens is 264 g/mol. The van der Waals surface area contributed by atoms with E-state index in [0.717, 1.165) is 24.4 Å². The topological polar surface area (TPSA) is 55.9 Å². The highest BCUT2D eigenvalue weighted by Crippen LogP contribution is 2.33. The van der Waals surface area contributed by atoms with Crippen molar-refractivity contribution in [3.63, 3.8) is 0 Å². The molecule has 1 unspecified atom stereocenters. The van der Waals surface area contributed by atoms with Gasteiger partial charge in [-0.3, -0.25) is 4.68 Å². The zero-order chi connectivity index (χ0) is 14.8. The summed E-state index contributed by atoms with van der Waals surface area (Å²) < 4.78 is 3.87. The minimum Gasteiger partial charge on any atom is -0.385 e. The van der Waals surface area contributed by atoms with Crippen molar-refractivity contribution in [3.8, 4) is 0 Å². The standard InChI is InChI=1S/C16H24N4O/c1-12-10-19(2)18-14(12)11-20-9-8-17-16(20)15(21)13-6-4-3-5-7-13/h8-10,13,15,21H,3-7,11H2,1-2H3. The molecule has 3 rings (SSSR count). The number of imidazole rings is 1. The van der Waals surface area contributed by atoms with Gasteiger partial charge in [-0.05, 0) is 31.2 Å². The van der Waals surface area contributed by atoms with E-state index < -0.39 is 6.10 Å². The summed E-state index contributed by atoms with van der Waals surface area (Å²) in [5.74, 6) is 1.14. The third-order valence-electron chi connectivity index (χ3n) is 4.54. The average molecular weight is 288 g/mol. The maximum Gasteiger partial charge on any atom is 0.138 e. The molecular formula is C16H24N4O. The van der Waals surface area contributed by atoms with E-state index in [1.807, 2.05) is 28.7 Å². The second kappa shape index (κ2) is 6.02. The second-order valence-electron chi connectivity index (χ2n) is 6.19. The molecule has 1 atom stereocenters. The lowest BCUT2D eigenvalue weighted by Gasteiger charge is -2.26. The number of aromatic nitrogens is 4. The Labute approximate surface area is 125 Å². The lowest BCUT2D eigenvalue weighted by Crippen LogP contribution is -2.20. The van der Waals surface area contributed by atoms with Gasteiger partial charge < -0.3 is 9.67 Å². The first-order chi connectivity index (χ1) is 10.1. The largest absolute Gasteiger partial charge is 0.385 e. The van der Waals surface area contributed by atoms with Crippen LogP contribution in [0.25, 0.3) is 0 Å². The molecule has 114 valence electrons. The normalized spacial score (nSPS) is 18.0. The van der Waals surface area contributed by atoms with Gasteiger partial charge in [-0.15, -0.1) is 0 Å². The smallest absolute Gasteiger partial charge is 0.138 e. The van der Waals surface area contributed by atoms with Crippen molar-refractivity contribution in [2.75, 3.05) is 0 Å². The van der Waals surface area contributed by atoms with Crippen LogP contribution in [0.3, 0.4) is 0 Å². The maximum absolute atomic E-state index is 10.7. The van der Waals surface area contributed by atoms with Crippen molar-refractivity contribution < 1.29 is 5.11 Å². The Hall–Kier alpha value is -1.62. The summed E-state index contributed by atoms with van der Waals surface area (Å²) in [6.07, 6.45) is 11.2. The van der Waals surface area contributed by atoms with E-state index in [2.05, 4.69) is 17.0 Å². The zero-order valence-corrected chi connectivity index (χ0v) is 12.9. The lowest BCUT2D eigenvalue weighted by atomic mass is 9.85. The fourth-order valence-corrected chi connectivity index (χ4v) is 3.35.